The molecule has 1 fully saturated rings. The third-order valence-electron chi connectivity index (χ3n) is 7.33. The summed E-state index contributed by atoms with van der Waals surface area (Å²) in [5.41, 5.74) is 6.42. The van der Waals surface area contributed by atoms with Crippen LogP contribution in [0.1, 0.15) is 61.6 Å². The van der Waals surface area contributed by atoms with E-state index in [4.69, 9.17) is 4.98 Å². The summed E-state index contributed by atoms with van der Waals surface area (Å²) in [6.45, 7) is 10.8. The van der Waals surface area contributed by atoms with Gasteiger partial charge in [0.2, 0.25) is 0 Å². The first-order valence-corrected chi connectivity index (χ1v) is 14.1. The lowest BCUT2D eigenvalue weighted by Gasteiger charge is -2.26. The summed E-state index contributed by atoms with van der Waals surface area (Å²) in [7, 11) is 0. The number of fused-ring (bicyclic) bond motifs is 1. The SMILES string of the molecule is CCCCCC(C)c1ccc(Cn2cc(-c3csc(CN4CCNCC4)n3)c3ccccc32)cc1. The zero-order valence-corrected chi connectivity index (χ0v) is 22.0. The van der Waals surface area contributed by atoms with Crippen molar-refractivity contribution < 1.29 is 0 Å². The maximum absolute atomic E-state index is 5.05. The molecule has 4 nitrogen and oxygen atoms in total. The van der Waals surface area contributed by atoms with Crippen LogP contribution in [0.5, 0.6) is 0 Å². The van der Waals surface area contributed by atoms with Crippen LogP contribution in [0.25, 0.3) is 22.2 Å². The van der Waals surface area contributed by atoms with Crippen LogP contribution < -0.4 is 5.32 Å². The van der Waals surface area contributed by atoms with Crippen LogP contribution >= 0.6 is 11.3 Å². The van der Waals surface area contributed by atoms with E-state index in [1.807, 2.05) is 0 Å². The van der Waals surface area contributed by atoms with E-state index in [9.17, 15) is 0 Å². The lowest BCUT2D eigenvalue weighted by Crippen LogP contribution is -2.42. The summed E-state index contributed by atoms with van der Waals surface area (Å²) < 4.78 is 2.39. The average Bonchev–Trinajstić information content (AvgIpc) is 3.50. The van der Waals surface area contributed by atoms with Gasteiger partial charge in [-0.3, -0.25) is 4.90 Å². The molecule has 0 amide bonds. The Morgan fingerprint density at radius 3 is 2.60 bits per heavy atom. The Morgan fingerprint density at radius 2 is 1.80 bits per heavy atom. The van der Waals surface area contributed by atoms with Crippen molar-refractivity contribution in [2.75, 3.05) is 26.2 Å². The number of rotatable bonds is 10. The Morgan fingerprint density at radius 1 is 1.00 bits per heavy atom. The van der Waals surface area contributed by atoms with Crippen LogP contribution in [0.4, 0.5) is 0 Å². The first-order chi connectivity index (χ1) is 17.2. The minimum Gasteiger partial charge on any atom is -0.342 e. The van der Waals surface area contributed by atoms with Gasteiger partial charge in [-0.15, -0.1) is 11.3 Å². The van der Waals surface area contributed by atoms with Crippen molar-refractivity contribution in [3.63, 3.8) is 0 Å². The van der Waals surface area contributed by atoms with E-state index < -0.39 is 0 Å². The lowest BCUT2D eigenvalue weighted by molar-refractivity contribution is 0.233. The highest BCUT2D eigenvalue weighted by atomic mass is 32.1. The second kappa shape index (κ2) is 11.5. The predicted molar refractivity (Wildman–Crippen MR) is 149 cm³/mol. The number of nitrogens with zero attached hydrogens (tertiary/aromatic N) is 3. The fourth-order valence-electron chi connectivity index (χ4n) is 5.16. The molecule has 184 valence electrons. The number of aromatic nitrogens is 2. The van der Waals surface area contributed by atoms with Crippen molar-refractivity contribution in [3.8, 4) is 11.3 Å². The number of unbranched alkanes of at least 4 members (excludes halogenated alkanes) is 2. The summed E-state index contributed by atoms with van der Waals surface area (Å²) in [5, 5.41) is 8.16. The number of thiazole rings is 1. The molecule has 5 heteroatoms. The van der Waals surface area contributed by atoms with E-state index in [0.29, 0.717) is 5.92 Å². The number of benzene rings is 2. The van der Waals surface area contributed by atoms with E-state index in [0.717, 1.165) is 45.0 Å². The smallest absolute Gasteiger partial charge is 0.107 e. The predicted octanol–water partition coefficient (Wildman–Crippen LogP) is 6.90. The van der Waals surface area contributed by atoms with Gasteiger partial charge in [0.15, 0.2) is 0 Å². The van der Waals surface area contributed by atoms with Gasteiger partial charge < -0.3 is 9.88 Å². The maximum Gasteiger partial charge on any atom is 0.107 e. The second-order valence-corrected chi connectivity index (χ2v) is 10.9. The number of hydrogen-bond acceptors (Lipinski definition) is 4. The molecule has 3 heterocycles. The van der Waals surface area contributed by atoms with Gasteiger partial charge in [-0.25, -0.2) is 4.98 Å². The Bertz CT molecular complexity index is 1220. The van der Waals surface area contributed by atoms with Crippen molar-refractivity contribution in [2.24, 2.45) is 0 Å². The van der Waals surface area contributed by atoms with Gasteiger partial charge in [0, 0.05) is 60.8 Å². The van der Waals surface area contributed by atoms with Crippen LogP contribution in [0.15, 0.2) is 60.1 Å². The highest BCUT2D eigenvalue weighted by Crippen LogP contribution is 2.32. The first-order valence-electron chi connectivity index (χ1n) is 13.3. The molecule has 1 atom stereocenters. The van der Waals surface area contributed by atoms with Gasteiger partial charge >= 0.3 is 0 Å². The Balaban J connectivity index is 1.33. The number of nitrogens with one attached hydrogen (secondary N) is 1. The fourth-order valence-corrected chi connectivity index (χ4v) is 6.00. The molecule has 0 radical (unpaired) electrons. The Hall–Kier alpha value is -2.47. The van der Waals surface area contributed by atoms with E-state index in [-0.39, 0.29) is 0 Å². The molecular formula is C30H38N4S. The molecule has 2 aromatic carbocycles. The maximum atomic E-state index is 5.05. The van der Waals surface area contributed by atoms with Crippen molar-refractivity contribution in [2.45, 2.75) is 58.5 Å². The Labute approximate surface area is 214 Å². The first kappa shape index (κ1) is 24.2. The molecular weight excluding hydrogens is 448 g/mol. The highest BCUT2D eigenvalue weighted by Gasteiger charge is 2.16. The van der Waals surface area contributed by atoms with Crippen molar-refractivity contribution >= 4 is 22.2 Å². The van der Waals surface area contributed by atoms with Gasteiger partial charge in [-0.2, -0.15) is 0 Å². The van der Waals surface area contributed by atoms with Crippen LogP contribution in [0.3, 0.4) is 0 Å². The van der Waals surface area contributed by atoms with Crippen molar-refractivity contribution in [3.05, 3.63) is 76.2 Å². The summed E-state index contributed by atoms with van der Waals surface area (Å²) >= 11 is 1.79. The van der Waals surface area contributed by atoms with E-state index in [2.05, 4.69) is 88.7 Å². The van der Waals surface area contributed by atoms with Gasteiger partial charge in [-0.1, -0.05) is 75.6 Å². The number of piperazine rings is 1. The average molecular weight is 487 g/mol. The summed E-state index contributed by atoms with van der Waals surface area (Å²) in [6.07, 6.45) is 7.53. The van der Waals surface area contributed by atoms with Crippen molar-refractivity contribution in [1.29, 1.82) is 0 Å². The molecule has 1 unspecified atom stereocenters. The number of para-hydroxylation sites is 1. The van der Waals surface area contributed by atoms with Gasteiger partial charge in [0.05, 0.1) is 12.2 Å². The molecule has 1 N–H and O–H groups in total. The second-order valence-electron chi connectivity index (χ2n) is 9.98. The normalized spacial score (nSPS) is 15.6. The third kappa shape index (κ3) is 5.85. The van der Waals surface area contributed by atoms with Gasteiger partial charge in [-0.05, 0) is 29.5 Å². The summed E-state index contributed by atoms with van der Waals surface area (Å²) in [6, 6.07) is 18.0. The molecule has 0 spiro atoms. The topological polar surface area (TPSA) is 33.1 Å². The summed E-state index contributed by atoms with van der Waals surface area (Å²) in [5.74, 6) is 0.634. The third-order valence-corrected chi connectivity index (χ3v) is 8.16. The van der Waals surface area contributed by atoms with Gasteiger partial charge in [0.25, 0.3) is 0 Å². The van der Waals surface area contributed by atoms with Crippen LogP contribution in [-0.4, -0.2) is 40.6 Å². The molecule has 1 aliphatic rings. The lowest BCUT2D eigenvalue weighted by atomic mass is 9.94. The fraction of sp³-hybridized carbons (Fsp3) is 0.433. The van der Waals surface area contributed by atoms with Crippen molar-refractivity contribution in [1.82, 2.24) is 19.8 Å². The van der Waals surface area contributed by atoms with E-state index in [1.165, 1.54) is 58.3 Å². The van der Waals surface area contributed by atoms with Crippen LogP contribution in [0.2, 0.25) is 0 Å². The molecule has 1 aliphatic heterocycles. The molecule has 5 rings (SSSR count). The van der Waals surface area contributed by atoms with Gasteiger partial charge in [0.1, 0.15) is 5.01 Å². The number of hydrogen-bond donors (Lipinski definition) is 1. The highest BCUT2D eigenvalue weighted by molar-refractivity contribution is 7.09. The quantitative estimate of drug-likeness (QED) is 0.247. The van der Waals surface area contributed by atoms with Crippen LogP contribution in [0, 0.1) is 0 Å². The molecule has 2 aromatic heterocycles. The van der Waals surface area contributed by atoms with E-state index in [1.54, 1.807) is 11.3 Å². The van der Waals surface area contributed by atoms with Crippen LogP contribution in [-0.2, 0) is 13.1 Å². The molecule has 0 bridgehead atoms. The molecule has 4 aromatic rings. The minimum absolute atomic E-state index is 0.634. The molecule has 1 saturated heterocycles. The standard InChI is InChI=1S/C30H38N4S/c1-3-4-5-8-23(2)25-13-11-24(12-14-25)19-34-20-27(26-9-6-7-10-29(26)34)28-22-35-30(32-28)21-33-17-15-31-16-18-33/h6-7,9-14,20,22-23,31H,3-5,8,15-19,21H2,1-2H3. The summed E-state index contributed by atoms with van der Waals surface area (Å²) in [4.78, 5) is 7.55. The Kier molecular flexibility index (Phi) is 7.97. The minimum atomic E-state index is 0.634. The molecule has 0 saturated carbocycles. The zero-order chi connectivity index (χ0) is 24.0. The molecule has 35 heavy (non-hydrogen) atoms. The largest absolute Gasteiger partial charge is 0.342 e. The monoisotopic (exact) mass is 486 g/mol. The zero-order valence-electron chi connectivity index (χ0n) is 21.2. The van der Waals surface area contributed by atoms with E-state index >= 15 is 0 Å². The molecule has 0 aliphatic carbocycles.